The Bertz CT molecular complexity index is 901. The van der Waals surface area contributed by atoms with E-state index in [2.05, 4.69) is 20.6 Å². The SMILES string of the molecule is COc1ccc(OCCNc2nccc(Nc3ccccc3OC(C)C)n2)cc1. The van der Waals surface area contributed by atoms with E-state index in [0.29, 0.717) is 24.9 Å². The zero-order valence-corrected chi connectivity index (χ0v) is 16.9. The third kappa shape index (κ3) is 6.27. The smallest absolute Gasteiger partial charge is 0.224 e. The van der Waals surface area contributed by atoms with E-state index in [9.17, 15) is 0 Å². The highest BCUT2D eigenvalue weighted by Gasteiger charge is 2.07. The summed E-state index contributed by atoms with van der Waals surface area (Å²) in [5.74, 6) is 3.57. The number of nitrogens with zero attached hydrogens (tertiary/aromatic N) is 2. The van der Waals surface area contributed by atoms with Gasteiger partial charge in [-0.25, -0.2) is 4.98 Å². The number of methoxy groups -OCH3 is 1. The van der Waals surface area contributed by atoms with Gasteiger partial charge in [-0.15, -0.1) is 0 Å². The van der Waals surface area contributed by atoms with Gasteiger partial charge in [-0.3, -0.25) is 0 Å². The molecule has 0 amide bonds. The molecule has 0 atom stereocenters. The lowest BCUT2D eigenvalue weighted by Crippen LogP contribution is -2.13. The zero-order valence-electron chi connectivity index (χ0n) is 16.9. The van der Waals surface area contributed by atoms with Gasteiger partial charge in [-0.05, 0) is 56.3 Å². The lowest BCUT2D eigenvalue weighted by Gasteiger charge is -2.15. The first-order valence-corrected chi connectivity index (χ1v) is 9.50. The summed E-state index contributed by atoms with van der Waals surface area (Å²) in [4.78, 5) is 8.75. The minimum atomic E-state index is 0.0891. The van der Waals surface area contributed by atoms with Crippen LogP contribution in [-0.4, -0.2) is 36.3 Å². The topological polar surface area (TPSA) is 77.5 Å². The quantitative estimate of drug-likeness (QED) is 0.490. The molecule has 152 valence electrons. The summed E-state index contributed by atoms with van der Waals surface area (Å²) >= 11 is 0. The lowest BCUT2D eigenvalue weighted by atomic mass is 10.3. The molecule has 7 heteroatoms. The maximum absolute atomic E-state index is 5.84. The van der Waals surface area contributed by atoms with Gasteiger partial charge in [0.2, 0.25) is 5.95 Å². The van der Waals surface area contributed by atoms with Gasteiger partial charge in [0.05, 0.1) is 25.4 Å². The van der Waals surface area contributed by atoms with Crippen molar-refractivity contribution in [3.05, 3.63) is 60.8 Å². The number of ether oxygens (including phenoxy) is 3. The predicted octanol–water partition coefficient (Wildman–Crippen LogP) is 4.51. The average molecular weight is 394 g/mol. The van der Waals surface area contributed by atoms with Crippen LogP contribution in [0.5, 0.6) is 17.2 Å². The van der Waals surface area contributed by atoms with Gasteiger partial charge in [-0.2, -0.15) is 4.98 Å². The Morgan fingerprint density at radius 1 is 0.966 bits per heavy atom. The number of anilines is 3. The van der Waals surface area contributed by atoms with E-state index in [4.69, 9.17) is 14.2 Å². The number of aromatic nitrogens is 2. The second-order valence-corrected chi connectivity index (χ2v) is 6.50. The van der Waals surface area contributed by atoms with Gasteiger partial charge in [-0.1, -0.05) is 12.1 Å². The Hall–Kier alpha value is -3.48. The van der Waals surface area contributed by atoms with Crippen LogP contribution in [0.25, 0.3) is 0 Å². The van der Waals surface area contributed by atoms with Crippen molar-refractivity contribution in [3.8, 4) is 17.2 Å². The first-order valence-electron chi connectivity index (χ1n) is 9.50. The van der Waals surface area contributed by atoms with Crippen LogP contribution in [-0.2, 0) is 0 Å². The fourth-order valence-electron chi connectivity index (χ4n) is 2.58. The average Bonchev–Trinajstić information content (AvgIpc) is 2.73. The predicted molar refractivity (Wildman–Crippen MR) is 114 cm³/mol. The summed E-state index contributed by atoms with van der Waals surface area (Å²) in [5, 5.41) is 6.45. The van der Waals surface area contributed by atoms with Crippen LogP contribution < -0.4 is 24.8 Å². The molecule has 0 saturated carbocycles. The first-order chi connectivity index (χ1) is 14.1. The number of hydrogen-bond donors (Lipinski definition) is 2. The van der Waals surface area contributed by atoms with E-state index in [1.54, 1.807) is 13.3 Å². The van der Waals surface area contributed by atoms with Crippen LogP contribution >= 0.6 is 0 Å². The number of nitrogens with one attached hydrogen (secondary N) is 2. The lowest BCUT2D eigenvalue weighted by molar-refractivity contribution is 0.244. The molecule has 2 N–H and O–H groups in total. The molecular weight excluding hydrogens is 368 g/mol. The van der Waals surface area contributed by atoms with Crippen molar-refractivity contribution in [2.45, 2.75) is 20.0 Å². The van der Waals surface area contributed by atoms with Crippen molar-refractivity contribution in [3.63, 3.8) is 0 Å². The molecule has 0 aliphatic rings. The first kappa shape index (κ1) is 20.3. The minimum absolute atomic E-state index is 0.0891. The summed E-state index contributed by atoms with van der Waals surface area (Å²) in [6.07, 6.45) is 1.79. The Kier molecular flexibility index (Phi) is 7.10. The van der Waals surface area contributed by atoms with Crippen molar-refractivity contribution >= 4 is 17.5 Å². The van der Waals surface area contributed by atoms with Crippen LogP contribution in [0.15, 0.2) is 60.8 Å². The molecular formula is C22H26N4O3. The maximum Gasteiger partial charge on any atom is 0.224 e. The molecule has 1 heterocycles. The van der Waals surface area contributed by atoms with Gasteiger partial charge in [0, 0.05) is 6.20 Å². The molecule has 1 aromatic heterocycles. The Morgan fingerprint density at radius 2 is 1.72 bits per heavy atom. The fraction of sp³-hybridized carbons (Fsp3) is 0.273. The normalized spacial score (nSPS) is 10.5. The highest BCUT2D eigenvalue weighted by Crippen LogP contribution is 2.27. The van der Waals surface area contributed by atoms with E-state index in [-0.39, 0.29) is 6.10 Å². The molecule has 0 aliphatic heterocycles. The number of rotatable bonds is 10. The van der Waals surface area contributed by atoms with E-state index in [0.717, 1.165) is 22.9 Å². The standard InChI is InChI=1S/C22H26N4O3/c1-16(2)29-20-7-5-4-6-19(20)25-21-12-13-23-22(26-21)24-14-15-28-18-10-8-17(27-3)9-11-18/h4-13,16H,14-15H2,1-3H3,(H2,23,24,25,26). The Labute approximate surface area is 171 Å². The summed E-state index contributed by atoms with van der Waals surface area (Å²) in [6, 6.07) is 17.1. The third-order valence-electron chi connectivity index (χ3n) is 3.88. The van der Waals surface area contributed by atoms with E-state index < -0.39 is 0 Å². The van der Waals surface area contributed by atoms with Crippen LogP contribution in [0.1, 0.15) is 13.8 Å². The second kappa shape index (κ2) is 10.2. The summed E-state index contributed by atoms with van der Waals surface area (Å²) in [6.45, 7) is 5.05. The molecule has 0 spiro atoms. The molecule has 29 heavy (non-hydrogen) atoms. The van der Waals surface area contributed by atoms with Crippen molar-refractivity contribution in [1.82, 2.24) is 9.97 Å². The molecule has 0 bridgehead atoms. The zero-order chi connectivity index (χ0) is 20.5. The van der Waals surface area contributed by atoms with Crippen LogP contribution in [0.3, 0.4) is 0 Å². The van der Waals surface area contributed by atoms with Crippen molar-refractivity contribution < 1.29 is 14.2 Å². The molecule has 7 nitrogen and oxygen atoms in total. The van der Waals surface area contributed by atoms with Crippen LogP contribution in [0.2, 0.25) is 0 Å². The highest BCUT2D eigenvalue weighted by molar-refractivity contribution is 5.64. The molecule has 0 radical (unpaired) electrons. The molecule has 0 saturated heterocycles. The van der Waals surface area contributed by atoms with Gasteiger partial charge >= 0.3 is 0 Å². The summed E-state index contributed by atoms with van der Waals surface area (Å²) < 4.78 is 16.7. The number of hydrogen-bond acceptors (Lipinski definition) is 7. The largest absolute Gasteiger partial charge is 0.497 e. The number of benzene rings is 2. The van der Waals surface area contributed by atoms with E-state index >= 15 is 0 Å². The van der Waals surface area contributed by atoms with Crippen molar-refractivity contribution in [2.24, 2.45) is 0 Å². The van der Waals surface area contributed by atoms with Gasteiger partial charge in [0.25, 0.3) is 0 Å². The Balaban J connectivity index is 1.53. The third-order valence-corrected chi connectivity index (χ3v) is 3.88. The molecule has 2 aromatic carbocycles. The van der Waals surface area contributed by atoms with Gasteiger partial charge < -0.3 is 24.8 Å². The second-order valence-electron chi connectivity index (χ2n) is 6.50. The fourth-order valence-corrected chi connectivity index (χ4v) is 2.58. The minimum Gasteiger partial charge on any atom is -0.497 e. The summed E-state index contributed by atoms with van der Waals surface area (Å²) in [7, 11) is 1.64. The van der Waals surface area contributed by atoms with Crippen LogP contribution in [0.4, 0.5) is 17.5 Å². The van der Waals surface area contributed by atoms with E-state index in [1.807, 2.05) is 68.4 Å². The molecule has 3 aromatic rings. The van der Waals surface area contributed by atoms with Crippen LogP contribution in [0, 0.1) is 0 Å². The van der Waals surface area contributed by atoms with Crippen molar-refractivity contribution in [1.29, 1.82) is 0 Å². The van der Waals surface area contributed by atoms with E-state index in [1.165, 1.54) is 0 Å². The Morgan fingerprint density at radius 3 is 2.48 bits per heavy atom. The monoisotopic (exact) mass is 394 g/mol. The molecule has 0 aliphatic carbocycles. The molecule has 3 rings (SSSR count). The molecule has 0 fully saturated rings. The van der Waals surface area contributed by atoms with Gasteiger partial charge in [0.15, 0.2) is 0 Å². The van der Waals surface area contributed by atoms with Crippen molar-refractivity contribution in [2.75, 3.05) is 30.9 Å². The van der Waals surface area contributed by atoms with Gasteiger partial charge in [0.1, 0.15) is 29.7 Å². The maximum atomic E-state index is 5.84. The summed E-state index contributed by atoms with van der Waals surface area (Å²) in [5.41, 5.74) is 0.855. The number of para-hydroxylation sites is 2. The highest BCUT2D eigenvalue weighted by atomic mass is 16.5. The molecule has 0 unspecified atom stereocenters.